The molecule has 2 aromatic heterocycles. The van der Waals surface area contributed by atoms with Crippen molar-refractivity contribution in [1.29, 1.82) is 0 Å². The predicted octanol–water partition coefficient (Wildman–Crippen LogP) is 4.01. The third kappa shape index (κ3) is 1.91. The first-order valence-corrected chi connectivity index (χ1v) is 6.70. The highest BCUT2D eigenvalue weighted by atomic mass is 16.4. The quantitative estimate of drug-likeness (QED) is 0.389. The molecule has 0 atom stereocenters. The van der Waals surface area contributed by atoms with Crippen molar-refractivity contribution in [3.8, 4) is 11.3 Å². The van der Waals surface area contributed by atoms with E-state index in [1.807, 2.05) is 54.6 Å². The molecule has 4 rings (SSSR count). The van der Waals surface area contributed by atoms with E-state index < -0.39 is 0 Å². The third-order valence-corrected chi connectivity index (χ3v) is 3.57. The average molecular weight is 273 g/mol. The first kappa shape index (κ1) is 11.9. The highest BCUT2D eigenvalue weighted by molar-refractivity contribution is 6.04. The Hall–Kier alpha value is -2.94. The fourth-order valence-electron chi connectivity index (χ4n) is 2.54. The van der Waals surface area contributed by atoms with Crippen LogP contribution in [0.1, 0.15) is 0 Å². The van der Waals surface area contributed by atoms with Crippen molar-refractivity contribution in [2.24, 2.45) is 0 Å². The molecule has 0 bridgehead atoms. The standard InChI is InChI=1S/C18H11NO2/c20-18-15-11-19-16(12-6-2-1-3-7-12)10-14(15)13-8-4-5-9-17(13)21-18/h1-11H. The van der Waals surface area contributed by atoms with Gasteiger partial charge >= 0.3 is 5.63 Å². The van der Waals surface area contributed by atoms with Gasteiger partial charge in [-0.2, -0.15) is 0 Å². The van der Waals surface area contributed by atoms with Crippen LogP contribution in [-0.4, -0.2) is 4.98 Å². The highest BCUT2D eigenvalue weighted by Crippen LogP contribution is 2.26. The second kappa shape index (κ2) is 4.56. The lowest BCUT2D eigenvalue weighted by molar-refractivity contribution is 0.569. The fourth-order valence-corrected chi connectivity index (χ4v) is 2.54. The van der Waals surface area contributed by atoms with E-state index in [0.717, 1.165) is 22.0 Å². The van der Waals surface area contributed by atoms with E-state index in [1.54, 1.807) is 12.3 Å². The molecule has 2 aromatic carbocycles. The zero-order valence-corrected chi connectivity index (χ0v) is 11.1. The highest BCUT2D eigenvalue weighted by Gasteiger charge is 2.09. The number of para-hydroxylation sites is 1. The lowest BCUT2D eigenvalue weighted by Gasteiger charge is -2.05. The van der Waals surface area contributed by atoms with Crippen molar-refractivity contribution in [3.63, 3.8) is 0 Å². The van der Waals surface area contributed by atoms with E-state index in [2.05, 4.69) is 4.98 Å². The molecule has 0 aliphatic heterocycles. The number of fused-ring (bicyclic) bond motifs is 3. The van der Waals surface area contributed by atoms with Gasteiger partial charge in [0.2, 0.25) is 0 Å². The van der Waals surface area contributed by atoms with Gasteiger partial charge in [-0.05, 0) is 12.1 Å². The molecular weight excluding hydrogens is 262 g/mol. The van der Waals surface area contributed by atoms with Crippen LogP contribution in [0.2, 0.25) is 0 Å². The van der Waals surface area contributed by atoms with E-state index >= 15 is 0 Å². The Balaban J connectivity index is 2.11. The van der Waals surface area contributed by atoms with Gasteiger partial charge in [-0.25, -0.2) is 4.79 Å². The van der Waals surface area contributed by atoms with E-state index in [-0.39, 0.29) is 5.63 Å². The number of hydrogen-bond acceptors (Lipinski definition) is 3. The topological polar surface area (TPSA) is 43.1 Å². The van der Waals surface area contributed by atoms with Crippen LogP contribution in [0.25, 0.3) is 33.0 Å². The van der Waals surface area contributed by atoms with Gasteiger partial charge in [0, 0.05) is 22.5 Å². The molecule has 0 amide bonds. The van der Waals surface area contributed by atoms with E-state index in [1.165, 1.54) is 0 Å². The molecule has 0 saturated carbocycles. The van der Waals surface area contributed by atoms with Crippen LogP contribution in [0, 0.1) is 0 Å². The minimum absolute atomic E-state index is 0.351. The number of nitrogens with zero attached hydrogens (tertiary/aromatic N) is 1. The SMILES string of the molecule is O=c1oc2ccccc2c2cc(-c3ccccc3)ncc12. The fraction of sp³-hybridized carbons (Fsp3) is 0. The third-order valence-electron chi connectivity index (χ3n) is 3.57. The second-order valence-electron chi connectivity index (χ2n) is 4.87. The number of rotatable bonds is 1. The van der Waals surface area contributed by atoms with Gasteiger partial charge in [0.25, 0.3) is 0 Å². The lowest BCUT2D eigenvalue weighted by Crippen LogP contribution is -2.00. The molecule has 3 heteroatoms. The number of hydrogen-bond donors (Lipinski definition) is 0. The van der Waals surface area contributed by atoms with Gasteiger partial charge in [0.1, 0.15) is 5.58 Å². The van der Waals surface area contributed by atoms with E-state index in [0.29, 0.717) is 11.0 Å². The van der Waals surface area contributed by atoms with E-state index in [4.69, 9.17) is 4.42 Å². The average Bonchev–Trinajstić information content (AvgIpc) is 2.55. The summed E-state index contributed by atoms with van der Waals surface area (Å²) < 4.78 is 5.32. The Labute approximate surface area is 120 Å². The van der Waals surface area contributed by atoms with Gasteiger partial charge in [-0.1, -0.05) is 48.5 Å². The van der Waals surface area contributed by atoms with Crippen LogP contribution in [0.5, 0.6) is 0 Å². The molecular formula is C18H11NO2. The van der Waals surface area contributed by atoms with Crippen LogP contribution in [0.3, 0.4) is 0 Å². The molecule has 0 radical (unpaired) electrons. The maximum Gasteiger partial charge on any atom is 0.345 e. The van der Waals surface area contributed by atoms with Crippen LogP contribution in [0.4, 0.5) is 0 Å². The van der Waals surface area contributed by atoms with Gasteiger partial charge < -0.3 is 4.42 Å². The Bertz CT molecular complexity index is 1000. The van der Waals surface area contributed by atoms with Crippen molar-refractivity contribution in [3.05, 3.63) is 77.3 Å². The predicted molar refractivity (Wildman–Crippen MR) is 83.2 cm³/mol. The van der Waals surface area contributed by atoms with Gasteiger partial charge in [0.15, 0.2) is 0 Å². The number of benzene rings is 2. The van der Waals surface area contributed by atoms with Crippen molar-refractivity contribution in [1.82, 2.24) is 4.98 Å². The van der Waals surface area contributed by atoms with Crippen molar-refractivity contribution >= 4 is 21.7 Å². The molecule has 21 heavy (non-hydrogen) atoms. The molecule has 0 N–H and O–H groups in total. The van der Waals surface area contributed by atoms with Gasteiger partial charge in [0.05, 0.1) is 11.1 Å². The summed E-state index contributed by atoms with van der Waals surface area (Å²) in [5.74, 6) is 0. The molecule has 0 aliphatic rings. The summed E-state index contributed by atoms with van der Waals surface area (Å²) in [6.07, 6.45) is 1.59. The molecule has 0 aliphatic carbocycles. The summed E-state index contributed by atoms with van der Waals surface area (Å²) >= 11 is 0. The zero-order valence-electron chi connectivity index (χ0n) is 11.1. The van der Waals surface area contributed by atoms with Crippen LogP contribution >= 0.6 is 0 Å². The maximum absolute atomic E-state index is 12.0. The first-order valence-electron chi connectivity index (χ1n) is 6.70. The van der Waals surface area contributed by atoms with Crippen molar-refractivity contribution < 1.29 is 4.42 Å². The first-order chi connectivity index (χ1) is 10.3. The van der Waals surface area contributed by atoms with Gasteiger partial charge in [-0.3, -0.25) is 4.98 Å². The summed E-state index contributed by atoms with van der Waals surface area (Å²) in [5, 5.41) is 2.30. The maximum atomic E-state index is 12.0. The molecule has 0 fully saturated rings. The number of aromatic nitrogens is 1. The largest absolute Gasteiger partial charge is 0.422 e. The minimum atomic E-state index is -0.351. The normalized spacial score (nSPS) is 11.0. The Morgan fingerprint density at radius 3 is 2.43 bits per heavy atom. The Morgan fingerprint density at radius 1 is 0.810 bits per heavy atom. The Morgan fingerprint density at radius 2 is 1.57 bits per heavy atom. The van der Waals surface area contributed by atoms with Crippen LogP contribution < -0.4 is 5.63 Å². The molecule has 3 nitrogen and oxygen atoms in total. The zero-order chi connectivity index (χ0) is 14.2. The summed E-state index contributed by atoms with van der Waals surface area (Å²) in [4.78, 5) is 16.4. The van der Waals surface area contributed by atoms with Crippen LogP contribution in [-0.2, 0) is 0 Å². The molecule has 0 unspecified atom stereocenters. The summed E-state index contributed by atoms with van der Waals surface area (Å²) in [5.41, 5.74) is 2.12. The summed E-state index contributed by atoms with van der Waals surface area (Å²) in [7, 11) is 0. The van der Waals surface area contributed by atoms with Crippen molar-refractivity contribution in [2.45, 2.75) is 0 Å². The molecule has 100 valence electrons. The van der Waals surface area contributed by atoms with Gasteiger partial charge in [-0.15, -0.1) is 0 Å². The molecule has 0 spiro atoms. The molecule has 4 aromatic rings. The van der Waals surface area contributed by atoms with E-state index in [9.17, 15) is 4.79 Å². The molecule has 2 heterocycles. The minimum Gasteiger partial charge on any atom is -0.422 e. The monoisotopic (exact) mass is 273 g/mol. The van der Waals surface area contributed by atoms with Crippen LogP contribution in [0.15, 0.2) is 76.1 Å². The second-order valence-corrected chi connectivity index (χ2v) is 4.87. The Kier molecular flexibility index (Phi) is 2.57. The molecule has 0 saturated heterocycles. The smallest absolute Gasteiger partial charge is 0.345 e. The summed E-state index contributed by atoms with van der Waals surface area (Å²) in [6, 6.07) is 19.4. The number of pyridine rings is 1. The van der Waals surface area contributed by atoms with Crippen molar-refractivity contribution in [2.75, 3.05) is 0 Å². The lowest BCUT2D eigenvalue weighted by atomic mass is 10.1. The summed E-state index contributed by atoms with van der Waals surface area (Å²) in [6.45, 7) is 0.